The molecule has 0 aromatic carbocycles. The van der Waals surface area contributed by atoms with E-state index >= 15 is 0 Å². The van der Waals surface area contributed by atoms with Gasteiger partial charge in [-0.15, -0.1) is 0 Å². The quantitative estimate of drug-likeness (QED) is 0.378. The van der Waals surface area contributed by atoms with E-state index in [1.165, 1.54) is 129 Å². The number of unbranched alkanes of at least 4 members (excludes halogenated alkanes) is 8. The first-order valence-electron chi connectivity index (χ1n) is 11.8. The van der Waals surface area contributed by atoms with E-state index in [0.717, 1.165) is 6.04 Å². The lowest BCUT2D eigenvalue weighted by Gasteiger charge is -2.27. The van der Waals surface area contributed by atoms with E-state index in [9.17, 15) is 0 Å². The molecule has 2 heterocycles. The summed E-state index contributed by atoms with van der Waals surface area (Å²) in [4.78, 5) is 2.80. The Bertz CT molecular complexity index is 249. The van der Waals surface area contributed by atoms with Gasteiger partial charge in [0.25, 0.3) is 0 Å². The van der Waals surface area contributed by atoms with Crippen molar-refractivity contribution in [3.8, 4) is 0 Å². The Morgan fingerprint density at radius 2 is 1.12 bits per heavy atom. The maximum Gasteiger partial charge on any atom is 0.00952 e. The van der Waals surface area contributed by atoms with Gasteiger partial charge >= 0.3 is 0 Å². The first-order valence-corrected chi connectivity index (χ1v) is 11.8. The van der Waals surface area contributed by atoms with Gasteiger partial charge in [0.05, 0.1) is 0 Å². The standard InChI is InChI=1S/C19H39N.C4H9N/c1-3-5-7-9-10-12-16-19(15-11-8-6-4-2)20-17-13-14-18-20;1-2-4-5-3-1/h19H,3-18H2,1-2H3;5H,1-4H2. The lowest BCUT2D eigenvalue weighted by molar-refractivity contribution is 0.209. The fourth-order valence-corrected chi connectivity index (χ4v) is 4.21. The predicted molar refractivity (Wildman–Crippen MR) is 113 cm³/mol. The SMILES string of the molecule is C1CCNC1.CCCCCCCCC(CCCCCC)N1CCCC1. The van der Waals surface area contributed by atoms with E-state index in [4.69, 9.17) is 0 Å². The van der Waals surface area contributed by atoms with Gasteiger partial charge < -0.3 is 10.2 Å². The second-order valence-corrected chi connectivity index (χ2v) is 8.26. The van der Waals surface area contributed by atoms with E-state index in [1.54, 1.807) is 0 Å². The van der Waals surface area contributed by atoms with Gasteiger partial charge in [-0.05, 0) is 64.7 Å². The highest BCUT2D eigenvalue weighted by Gasteiger charge is 2.20. The van der Waals surface area contributed by atoms with E-state index in [2.05, 4.69) is 24.1 Å². The van der Waals surface area contributed by atoms with Crippen LogP contribution in [-0.2, 0) is 0 Å². The summed E-state index contributed by atoms with van der Waals surface area (Å²) in [6, 6.07) is 0.917. The fraction of sp³-hybridized carbons (Fsp3) is 1.00. The van der Waals surface area contributed by atoms with Gasteiger partial charge in [-0.25, -0.2) is 0 Å². The van der Waals surface area contributed by atoms with Gasteiger partial charge in [-0.3, -0.25) is 0 Å². The first kappa shape index (κ1) is 23.0. The fourth-order valence-electron chi connectivity index (χ4n) is 4.21. The maximum absolute atomic E-state index is 3.22. The second-order valence-electron chi connectivity index (χ2n) is 8.26. The van der Waals surface area contributed by atoms with Crippen molar-refractivity contribution in [1.82, 2.24) is 10.2 Å². The molecule has 0 spiro atoms. The third-order valence-corrected chi connectivity index (χ3v) is 5.90. The van der Waals surface area contributed by atoms with Crippen molar-refractivity contribution < 1.29 is 0 Å². The molecular weight excluding hydrogens is 304 g/mol. The molecule has 0 radical (unpaired) electrons. The Morgan fingerprint density at radius 1 is 0.640 bits per heavy atom. The molecule has 0 aromatic heterocycles. The summed E-state index contributed by atoms with van der Waals surface area (Å²) in [5, 5.41) is 3.22. The maximum atomic E-state index is 3.22. The second kappa shape index (κ2) is 17.3. The van der Waals surface area contributed by atoms with Crippen molar-refractivity contribution in [2.45, 2.75) is 123 Å². The summed E-state index contributed by atoms with van der Waals surface area (Å²) in [6.45, 7) is 9.89. The molecule has 0 saturated carbocycles. The van der Waals surface area contributed by atoms with Crippen LogP contribution in [0.2, 0.25) is 0 Å². The molecule has 0 bridgehead atoms. The van der Waals surface area contributed by atoms with Crippen molar-refractivity contribution in [1.29, 1.82) is 0 Å². The smallest absolute Gasteiger partial charge is 0.00952 e. The molecule has 2 heteroatoms. The van der Waals surface area contributed by atoms with E-state index in [-0.39, 0.29) is 0 Å². The van der Waals surface area contributed by atoms with Crippen molar-refractivity contribution in [3.63, 3.8) is 0 Å². The number of hydrogen-bond donors (Lipinski definition) is 1. The molecule has 2 aliphatic heterocycles. The van der Waals surface area contributed by atoms with E-state index < -0.39 is 0 Å². The van der Waals surface area contributed by atoms with Gasteiger partial charge in [0, 0.05) is 6.04 Å². The predicted octanol–water partition coefficient (Wildman–Crippen LogP) is 6.54. The normalized spacial score (nSPS) is 19.0. The molecule has 2 fully saturated rings. The summed E-state index contributed by atoms with van der Waals surface area (Å²) >= 11 is 0. The molecular formula is C23H48N2. The number of nitrogens with one attached hydrogen (secondary N) is 1. The highest BCUT2D eigenvalue weighted by Crippen LogP contribution is 2.22. The van der Waals surface area contributed by atoms with Gasteiger partial charge in [-0.2, -0.15) is 0 Å². The van der Waals surface area contributed by atoms with Crippen LogP contribution in [0, 0.1) is 0 Å². The molecule has 0 amide bonds. The minimum absolute atomic E-state index is 0.917. The minimum Gasteiger partial charge on any atom is -0.317 e. The van der Waals surface area contributed by atoms with Crippen molar-refractivity contribution in [3.05, 3.63) is 0 Å². The summed E-state index contributed by atoms with van der Waals surface area (Å²) in [5.74, 6) is 0. The summed E-state index contributed by atoms with van der Waals surface area (Å²) in [6.07, 6.45) is 23.0. The topological polar surface area (TPSA) is 15.3 Å². The summed E-state index contributed by atoms with van der Waals surface area (Å²) < 4.78 is 0. The number of hydrogen-bond acceptors (Lipinski definition) is 2. The van der Waals surface area contributed by atoms with Crippen molar-refractivity contribution in [2.24, 2.45) is 0 Å². The minimum atomic E-state index is 0.917. The number of nitrogens with zero attached hydrogens (tertiary/aromatic N) is 1. The molecule has 1 unspecified atom stereocenters. The zero-order valence-electron chi connectivity index (χ0n) is 17.7. The molecule has 2 nitrogen and oxygen atoms in total. The van der Waals surface area contributed by atoms with Gasteiger partial charge in [-0.1, -0.05) is 78.1 Å². The first-order chi connectivity index (χ1) is 12.4. The summed E-state index contributed by atoms with van der Waals surface area (Å²) in [7, 11) is 0. The lowest BCUT2D eigenvalue weighted by Crippen LogP contribution is -2.32. The van der Waals surface area contributed by atoms with Crippen LogP contribution in [0.4, 0.5) is 0 Å². The van der Waals surface area contributed by atoms with Crippen molar-refractivity contribution >= 4 is 0 Å². The zero-order valence-corrected chi connectivity index (χ0v) is 17.7. The number of likely N-dealkylation sites (tertiary alicyclic amines) is 1. The van der Waals surface area contributed by atoms with E-state index in [1.807, 2.05) is 0 Å². The summed E-state index contributed by atoms with van der Waals surface area (Å²) in [5.41, 5.74) is 0. The van der Waals surface area contributed by atoms with Crippen molar-refractivity contribution in [2.75, 3.05) is 26.2 Å². The molecule has 2 aliphatic rings. The van der Waals surface area contributed by atoms with Gasteiger partial charge in [0.1, 0.15) is 0 Å². The Balaban J connectivity index is 0.000000531. The average molecular weight is 353 g/mol. The van der Waals surface area contributed by atoms with Crippen LogP contribution in [0.5, 0.6) is 0 Å². The molecule has 0 aliphatic carbocycles. The number of rotatable bonds is 13. The van der Waals surface area contributed by atoms with Crippen LogP contribution in [0.3, 0.4) is 0 Å². The molecule has 1 atom stereocenters. The molecule has 2 rings (SSSR count). The highest BCUT2D eigenvalue weighted by atomic mass is 15.2. The van der Waals surface area contributed by atoms with Crippen LogP contribution in [0.1, 0.15) is 117 Å². The molecule has 2 saturated heterocycles. The lowest BCUT2D eigenvalue weighted by atomic mass is 9.99. The average Bonchev–Trinajstić information content (AvgIpc) is 3.35. The van der Waals surface area contributed by atoms with Crippen LogP contribution in [0.25, 0.3) is 0 Å². The highest BCUT2D eigenvalue weighted by molar-refractivity contribution is 4.76. The Morgan fingerprint density at radius 3 is 1.60 bits per heavy atom. The van der Waals surface area contributed by atoms with Crippen LogP contribution >= 0.6 is 0 Å². The zero-order chi connectivity index (χ0) is 18.0. The third-order valence-electron chi connectivity index (χ3n) is 5.90. The third kappa shape index (κ3) is 12.8. The molecule has 1 N–H and O–H groups in total. The van der Waals surface area contributed by atoms with Gasteiger partial charge in [0.2, 0.25) is 0 Å². The molecule has 150 valence electrons. The Labute approximate surface area is 159 Å². The molecule has 25 heavy (non-hydrogen) atoms. The van der Waals surface area contributed by atoms with Crippen LogP contribution < -0.4 is 5.32 Å². The van der Waals surface area contributed by atoms with Crippen LogP contribution in [-0.4, -0.2) is 37.1 Å². The van der Waals surface area contributed by atoms with E-state index in [0.29, 0.717) is 0 Å². The molecule has 0 aromatic rings. The van der Waals surface area contributed by atoms with Crippen LogP contribution in [0.15, 0.2) is 0 Å². The Hall–Kier alpha value is -0.0800. The largest absolute Gasteiger partial charge is 0.317 e. The monoisotopic (exact) mass is 352 g/mol. The Kier molecular flexibility index (Phi) is 15.9. The van der Waals surface area contributed by atoms with Gasteiger partial charge in [0.15, 0.2) is 0 Å².